The fourth-order valence-electron chi connectivity index (χ4n) is 2.03. The van der Waals surface area contributed by atoms with E-state index in [0.29, 0.717) is 17.1 Å². The van der Waals surface area contributed by atoms with E-state index >= 15 is 0 Å². The third-order valence-electron chi connectivity index (χ3n) is 3.16. The van der Waals surface area contributed by atoms with Crippen molar-refractivity contribution in [3.05, 3.63) is 29.8 Å². The van der Waals surface area contributed by atoms with Gasteiger partial charge >= 0.3 is 12.0 Å². The molecule has 0 saturated heterocycles. The molecule has 0 bridgehead atoms. The van der Waals surface area contributed by atoms with E-state index in [1.165, 1.54) is 12.2 Å². The summed E-state index contributed by atoms with van der Waals surface area (Å²) in [5.41, 5.74) is 5.60. The summed E-state index contributed by atoms with van der Waals surface area (Å²) in [5, 5.41) is 1.90. The molecule has 24 heavy (non-hydrogen) atoms. The summed E-state index contributed by atoms with van der Waals surface area (Å²) in [4.78, 5) is 34.4. The highest BCUT2D eigenvalue weighted by Gasteiger charge is 2.26. The molecule has 1 atom stereocenters. The molecule has 1 unspecified atom stereocenters. The van der Waals surface area contributed by atoms with Gasteiger partial charge in [-0.2, -0.15) is 0 Å². The first-order valence-electron chi connectivity index (χ1n) is 7.25. The number of carbonyl (C=O) groups is 3. The van der Waals surface area contributed by atoms with Crippen molar-refractivity contribution < 1.29 is 28.6 Å². The summed E-state index contributed by atoms with van der Waals surface area (Å²) in [6.45, 7) is 3.52. The second-order valence-electron chi connectivity index (χ2n) is 5.40. The van der Waals surface area contributed by atoms with Gasteiger partial charge in [0.25, 0.3) is 5.91 Å². The summed E-state index contributed by atoms with van der Waals surface area (Å²) >= 11 is 0. The van der Waals surface area contributed by atoms with E-state index < -0.39 is 24.0 Å². The number of ether oxygens (including phenoxy) is 3. The molecular weight excluding hydrogens is 316 g/mol. The smallest absolute Gasteiger partial charge is 0.331 e. The van der Waals surface area contributed by atoms with Crippen molar-refractivity contribution in [1.82, 2.24) is 5.32 Å². The monoisotopic (exact) mass is 334 g/mol. The number of hydrogen-bond acceptors (Lipinski definition) is 6. The van der Waals surface area contributed by atoms with Crippen molar-refractivity contribution in [3.63, 3.8) is 0 Å². The summed E-state index contributed by atoms with van der Waals surface area (Å²) < 4.78 is 15.5. The number of primary amides is 1. The number of amides is 3. The summed E-state index contributed by atoms with van der Waals surface area (Å²) in [6.07, 6.45) is 1.59. The number of hydrogen-bond donors (Lipinski definition) is 2. The SMILES string of the molecule is CC(C)C(OC(=O)/C=C/c1ccc2c(c1)OCO2)C(=O)NC(N)=O. The van der Waals surface area contributed by atoms with Crippen LogP contribution in [0.2, 0.25) is 0 Å². The molecule has 2 rings (SSSR count). The Bertz CT molecular complexity index is 683. The number of imide groups is 1. The lowest BCUT2D eigenvalue weighted by atomic mass is 10.1. The van der Waals surface area contributed by atoms with Crippen LogP contribution >= 0.6 is 0 Å². The van der Waals surface area contributed by atoms with E-state index in [4.69, 9.17) is 19.9 Å². The second kappa shape index (κ2) is 7.49. The number of fused-ring (bicyclic) bond motifs is 1. The lowest BCUT2D eigenvalue weighted by Crippen LogP contribution is -2.45. The molecule has 0 aliphatic carbocycles. The van der Waals surface area contributed by atoms with Gasteiger partial charge in [-0.25, -0.2) is 9.59 Å². The van der Waals surface area contributed by atoms with Gasteiger partial charge in [0.05, 0.1) is 0 Å². The summed E-state index contributed by atoms with van der Waals surface area (Å²) in [5.74, 6) is -0.579. The number of nitrogens with two attached hydrogens (primary N) is 1. The van der Waals surface area contributed by atoms with E-state index in [-0.39, 0.29) is 12.7 Å². The molecule has 0 radical (unpaired) electrons. The molecule has 3 amide bonds. The second-order valence-corrected chi connectivity index (χ2v) is 5.40. The summed E-state index contributed by atoms with van der Waals surface area (Å²) in [6, 6.07) is 4.19. The van der Waals surface area contributed by atoms with Crippen LogP contribution < -0.4 is 20.5 Å². The Kier molecular flexibility index (Phi) is 5.41. The Morgan fingerprint density at radius 2 is 1.96 bits per heavy atom. The van der Waals surface area contributed by atoms with Gasteiger partial charge in [0, 0.05) is 6.08 Å². The topological polar surface area (TPSA) is 117 Å². The third kappa shape index (κ3) is 4.48. The molecule has 1 aromatic rings. The molecule has 0 fully saturated rings. The highest BCUT2D eigenvalue weighted by Crippen LogP contribution is 2.32. The van der Waals surface area contributed by atoms with E-state index in [1.54, 1.807) is 32.0 Å². The average molecular weight is 334 g/mol. The largest absolute Gasteiger partial charge is 0.454 e. The van der Waals surface area contributed by atoms with Crippen LogP contribution in [0.3, 0.4) is 0 Å². The van der Waals surface area contributed by atoms with Gasteiger partial charge in [0.1, 0.15) is 0 Å². The zero-order valence-electron chi connectivity index (χ0n) is 13.3. The maximum atomic E-state index is 11.9. The molecule has 8 nitrogen and oxygen atoms in total. The predicted molar refractivity (Wildman–Crippen MR) is 84.0 cm³/mol. The van der Waals surface area contributed by atoms with Crippen LogP contribution in [0.1, 0.15) is 19.4 Å². The molecule has 0 saturated carbocycles. The highest BCUT2D eigenvalue weighted by atomic mass is 16.7. The minimum Gasteiger partial charge on any atom is -0.454 e. The number of nitrogens with one attached hydrogen (secondary N) is 1. The van der Waals surface area contributed by atoms with E-state index in [2.05, 4.69) is 0 Å². The first-order valence-corrected chi connectivity index (χ1v) is 7.25. The van der Waals surface area contributed by atoms with Crippen LogP contribution in [0.25, 0.3) is 6.08 Å². The summed E-state index contributed by atoms with van der Waals surface area (Å²) in [7, 11) is 0. The molecule has 1 aliphatic heterocycles. The molecule has 8 heteroatoms. The van der Waals surface area contributed by atoms with E-state index in [0.717, 1.165) is 0 Å². The van der Waals surface area contributed by atoms with Gasteiger partial charge in [0.15, 0.2) is 17.6 Å². The molecule has 1 aromatic carbocycles. The van der Waals surface area contributed by atoms with Crippen molar-refractivity contribution in [2.24, 2.45) is 11.7 Å². The number of benzene rings is 1. The van der Waals surface area contributed by atoms with Crippen molar-refractivity contribution >= 4 is 24.0 Å². The Balaban J connectivity index is 2.00. The van der Waals surface area contributed by atoms with Crippen molar-refractivity contribution in [1.29, 1.82) is 0 Å². The number of carbonyl (C=O) groups excluding carboxylic acids is 3. The Morgan fingerprint density at radius 1 is 1.25 bits per heavy atom. The zero-order chi connectivity index (χ0) is 17.7. The Labute approximate surface area is 138 Å². The number of rotatable bonds is 5. The van der Waals surface area contributed by atoms with Crippen molar-refractivity contribution in [2.75, 3.05) is 6.79 Å². The van der Waals surface area contributed by atoms with Crippen LogP contribution in [-0.2, 0) is 14.3 Å². The fraction of sp³-hybridized carbons (Fsp3) is 0.312. The average Bonchev–Trinajstić information content (AvgIpc) is 2.97. The Morgan fingerprint density at radius 3 is 2.62 bits per heavy atom. The normalized spacial score (nSPS) is 13.8. The number of urea groups is 1. The van der Waals surface area contributed by atoms with Gasteiger partial charge in [-0.1, -0.05) is 19.9 Å². The quantitative estimate of drug-likeness (QED) is 0.617. The Hall–Kier alpha value is -3.03. The third-order valence-corrected chi connectivity index (χ3v) is 3.16. The molecule has 128 valence electrons. The molecule has 1 aliphatic rings. The van der Waals surface area contributed by atoms with Gasteiger partial charge in [-0.3, -0.25) is 10.1 Å². The van der Waals surface area contributed by atoms with Gasteiger partial charge in [0.2, 0.25) is 6.79 Å². The lowest BCUT2D eigenvalue weighted by Gasteiger charge is -2.18. The highest BCUT2D eigenvalue weighted by molar-refractivity contribution is 5.97. The fourth-order valence-corrected chi connectivity index (χ4v) is 2.03. The van der Waals surface area contributed by atoms with Crippen molar-refractivity contribution in [3.8, 4) is 11.5 Å². The minimum absolute atomic E-state index is 0.162. The molecule has 1 heterocycles. The maximum Gasteiger partial charge on any atom is 0.331 e. The molecular formula is C16H18N2O6. The van der Waals surface area contributed by atoms with Crippen LogP contribution in [-0.4, -0.2) is 30.8 Å². The van der Waals surface area contributed by atoms with Crippen LogP contribution in [0.5, 0.6) is 11.5 Å². The first kappa shape index (κ1) is 17.3. The maximum absolute atomic E-state index is 11.9. The molecule has 0 aromatic heterocycles. The zero-order valence-corrected chi connectivity index (χ0v) is 13.3. The first-order chi connectivity index (χ1) is 11.4. The van der Waals surface area contributed by atoms with E-state index in [1.807, 2.05) is 5.32 Å². The van der Waals surface area contributed by atoms with E-state index in [9.17, 15) is 14.4 Å². The molecule has 3 N–H and O–H groups in total. The van der Waals surface area contributed by atoms with Crippen LogP contribution in [0.4, 0.5) is 4.79 Å². The molecule has 0 spiro atoms. The lowest BCUT2D eigenvalue weighted by molar-refractivity contribution is -0.153. The van der Waals surface area contributed by atoms with Crippen LogP contribution in [0, 0.1) is 5.92 Å². The van der Waals surface area contributed by atoms with Crippen molar-refractivity contribution in [2.45, 2.75) is 20.0 Å². The standard InChI is InChI=1S/C16H18N2O6/c1-9(2)14(15(20)18-16(17)21)24-13(19)6-4-10-3-5-11-12(7-10)23-8-22-11/h3-7,9,14H,8H2,1-2H3,(H3,17,18,20,21)/b6-4+. The van der Waals surface area contributed by atoms with Crippen LogP contribution in [0.15, 0.2) is 24.3 Å². The van der Waals surface area contributed by atoms with Gasteiger partial charge in [-0.05, 0) is 29.7 Å². The van der Waals surface area contributed by atoms with Gasteiger partial charge < -0.3 is 19.9 Å². The number of esters is 1. The predicted octanol–water partition coefficient (Wildman–Crippen LogP) is 1.19. The minimum atomic E-state index is -1.12. The van der Waals surface area contributed by atoms with Gasteiger partial charge in [-0.15, -0.1) is 0 Å².